The number of carboxylic acids is 2. The first kappa shape index (κ1) is 19.9. The van der Waals surface area contributed by atoms with Crippen molar-refractivity contribution in [1.29, 1.82) is 0 Å². The van der Waals surface area contributed by atoms with Gasteiger partial charge in [0.25, 0.3) is 0 Å². The van der Waals surface area contributed by atoms with Crippen molar-refractivity contribution < 1.29 is 64.7 Å². The van der Waals surface area contributed by atoms with E-state index >= 15 is 0 Å². The van der Waals surface area contributed by atoms with Crippen LogP contribution >= 0.6 is 0 Å². The fourth-order valence-electron chi connectivity index (χ4n) is 2.52. The summed E-state index contributed by atoms with van der Waals surface area (Å²) in [5, 5.41) is 75.9. The van der Waals surface area contributed by atoms with E-state index in [0.717, 1.165) is 0 Å². The van der Waals surface area contributed by atoms with Crippen LogP contribution in [0, 0.1) is 0 Å². The van der Waals surface area contributed by atoms with Gasteiger partial charge in [0, 0.05) is 0 Å². The quantitative estimate of drug-likeness (QED) is 0.232. The molecule has 2 heterocycles. The molecule has 13 nitrogen and oxygen atoms in total. The molecule has 0 aromatic carbocycles. The number of carbonyl (C=O) groups is 2. The zero-order valence-electron chi connectivity index (χ0n) is 12.4. The lowest BCUT2D eigenvalue weighted by Crippen LogP contribution is -2.65. The van der Waals surface area contributed by atoms with Crippen LogP contribution in [0.2, 0.25) is 0 Å². The summed E-state index contributed by atoms with van der Waals surface area (Å²) in [6, 6.07) is 0. The molecule has 13 heteroatoms. The van der Waals surface area contributed by atoms with Gasteiger partial charge in [0.05, 0.1) is 0 Å². The summed E-state index contributed by atoms with van der Waals surface area (Å²) in [4.78, 5) is 22.2. The highest BCUT2D eigenvalue weighted by Crippen LogP contribution is 2.28. The van der Waals surface area contributed by atoms with Gasteiger partial charge in [0.15, 0.2) is 24.8 Å². The van der Waals surface area contributed by atoms with Crippen LogP contribution in [-0.2, 0) is 23.8 Å². The predicted molar refractivity (Wildman–Crippen MR) is 69.7 cm³/mol. The Hall–Kier alpha value is -1.42. The molecule has 0 amide bonds. The summed E-state index contributed by atoms with van der Waals surface area (Å²) in [7, 11) is 0. The van der Waals surface area contributed by atoms with Gasteiger partial charge in [-0.3, -0.25) is 0 Å². The summed E-state index contributed by atoms with van der Waals surface area (Å²) >= 11 is 0. The molecule has 2 rings (SSSR count). The van der Waals surface area contributed by atoms with Gasteiger partial charge in [0.1, 0.15) is 36.6 Å². The van der Waals surface area contributed by atoms with Crippen molar-refractivity contribution in [2.75, 3.05) is 0 Å². The highest BCUT2D eigenvalue weighted by Gasteiger charge is 2.53. The standard InChI is InChI=1S/C12H18O13/c13-1-2(14)7(9(18)19)25-12(5(1)17)24-6-3(15)4(16)11(22)23-8(6)10(20)21/h1-8,11-17,22H,(H,18,19)(H,20,21)/t1-,2+,3+,4+,5+,6+,7-,8-,11-,12-/m0/s1. The maximum absolute atomic E-state index is 11.2. The zero-order valence-corrected chi connectivity index (χ0v) is 12.4. The summed E-state index contributed by atoms with van der Waals surface area (Å²) in [6.07, 6.45) is -19.9. The molecule has 2 aliphatic heterocycles. The van der Waals surface area contributed by atoms with E-state index in [1.165, 1.54) is 0 Å². The lowest BCUT2D eigenvalue weighted by Gasteiger charge is -2.44. The van der Waals surface area contributed by atoms with Crippen molar-refractivity contribution in [2.24, 2.45) is 0 Å². The lowest BCUT2D eigenvalue weighted by atomic mass is 9.96. The molecule has 0 radical (unpaired) electrons. The second kappa shape index (κ2) is 7.45. The second-order valence-electron chi connectivity index (χ2n) is 5.60. The Morgan fingerprint density at radius 2 is 1.24 bits per heavy atom. The fourth-order valence-corrected chi connectivity index (χ4v) is 2.52. The van der Waals surface area contributed by atoms with E-state index in [1.54, 1.807) is 0 Å². The van der Waals surface area contributed by atoms with Crippen LogP contribution < -0.4 is 0 Å². The minimum absolute atomic E-state index is 1.70. The molecule has 2 fully saturated rings. The SMILES string of the molecule is O=C(O)[C@H]1O[C@H](O[C@@H]2[C@H](O)[C@@H](O)[C@@H](O)O[C@@H]2C(=O)O)[C@H](O)[C@@H](O)[C@H]1O. The van der Waals surface area contributed by atoms with Gasteiger partial charge in [-0.1, -0.05) is 0 Å². The Bertz CT molecular complexity index is 511. The molecular weight excluding hydrogens is 352 g/mol. The summed E-state index contributed by atoms with van der Waals surface area (Å²) in [5.41, 5.74) is 0. The number of aliphatic carboxylic acids is 2. The fraction of sp³-hybridized carbons (Fsp3) is 0.833. The Morgan fingerprint density at radius 3 is 1.76 bits per heavy atom. The number of rotatable bonds is 4. The second-order valence-corrected chi connectivity index (χ2v) is 5.60. The van der Waals surface area contributed by atoms with E-state index in [1.807, 2.05) is 0 Å². The van der Waals surface area contributed by atoms with E-state index in [2.05, 4.69) is 4.74 Å². The third-order valence-electron chi connectivity index (χ3n) is 3.91. The van der Waals surface area contributed by atoms with Gasteiger partial charge in [-0.15, -0.1) is 0 Å². The molecule has 0 aromatic heterocycles. The van der Waals surface area contributed by atoms with Gasteiger partial charge in [-0.05, 0) is 0 Å². The van der Waals surface area contributed by atoms with Crippen LogP contribution in [0.5, 0.6) is 0 Å². The zero-order chi connectivity index (χ0) is 19.0. The Labute approximate surface area is 139 Å². The van der Waals surface area contributed by atoms with Crippen LogP contribution in [0.3, 0.4) is 0 Å². The maximum Gasteiger partial charge on any atom is 0.335 e. The monoisotopic (exact) mass is 370 g/mol. The number of carboxylic acid groups (broad SMARTS) is 2. The van der Waals surface area contributed by atoms with Gasteiger partial charge in [0.2, 0.25) is 0 Å². The van der Waals surface area contributed by atoms with Crippen molar-refractivity contribution in [2.45, 2.75) is 61.4 Å². The van der Waals surface area contributed by atoms with E-state index < -0.39 is 73.4 Å². The molecule has 8 N–H and O–H groups in total. The normalized spacial score (nSPS) is 48.1. The van der Waals surface area contributed by atoms with Crippen LogP contribution in [0.1, 0.15) is 0 Å². The molecule has 0 saturated carbocycles. The average molecular weight is 370 g/mol. The molecule has 0 spiro atoms. The first-order valence-corrected chi connectivity index (χ1v) is 7.06. The number of hydrogen-bond donors (Lipinski definition) is 8. The number of hydrogen-bond acceptors (Lipinski definition) is 11. The minimum Gasteiger partial charge on any atom is -0.479 e. The predicted octanol–water partition coefficient (Wildman–Crippen LogP) is -5.21. The molecule has 144 valence electrons. The smallest absolute Gasteiger partial charge is 0.335 e. The van der Waals surface area contributed by atoms with E-state index in [-0.39, 0.29) is 0 Å². The number of ether oxygens (including phenoxy) is 3. The molecule has 0 aromatic rings. The Balaban J connectivity index is 2.22. The van der Waals surface area contributed by atoms with Crippen molar-refractivity contribution in [3.63, 3.8) is 0 Å². The number of aliphatic hydroxyl groups excluding tert-OH is 6. The van der Waals surface area contributed by atoms with Crippen molar-refractivity contribution >= 4 is 11.9 Å². The van der Waals surface area contributed by atoms with Crippen LogP contribution in [-0.4, -0.2) is 114 Å². The van der Waals surface area contributed by atoms with Gasteiger partial charge >= 0.3 is 11.9 Å². The third kappa shape index (κ3) is 3.74. The molecule has 0 bridgehead atoms. The van der Waals surface area contributed by atoms with Crippen LogP contribution in [0.15, 0.2) is 0 Å². The number of aliphatic hydroxyl groups is 6. The largest absolute Gasteiger partial charge is 0.479 e. The van der Waals surface area contributed by atoms with Gasteiger partial charge in [-0.2, -0.15) is 0 Å². The van der Waals surface area contributed by atoms with Crippen molar-refractivity contribution in [3.8, 4) is 0 Å². The molecule has 25 heavy (non-hydrogen) atoms. The molecule has 0 unspecified atom stereocenters. The van der Waals surface area contributed by atoms with Crippen LogP contribution in [0.25, 0.3) is 0 Å². The summed E-state index contributed by atoms with van der Waals surface area (Å²) in [5.74, 6) is -3.39. The third-order valence-corrected chi connectivity index (χ3v) is 3.91. The molecule has 2 saturated heterocycles. The molecule has 10 atom stereocenters. The molecular formula is C12H18O13. The minimum atomic E-state index is -2.03. The Morgan fingerprint density at radius 1 is 0.680 bits per heavy atom. The van der Waals surface area contributed by atoms with Gasteiger partial charge < -0.3 is 55.1 Å². The first-order valence-electron chi connectivity index (χ1n) is 7.06. The molecule has 2 aliphatic rings. The highest BCUT2D eigenvalue weighted by atomic mass is 16.7. The Kier molecular flexibility index (Phi) is 5.93. The maximum atomic E-state index is 11.2. The average Bonchev–Trinajstić information content (AvgIpc) is 2.54. The lowest BCUT2D eigenvalue weighted by molar-refractivity contribution is -0.346. The first-order chi connectivity index (χ1) is 11.6. The highest BCUT2D eigenvalue weighted by molar-refractivity contribution is 5.74. The van der Waals surface area contributed by atoms with Crippen LogP contribution in [0.4, 0.5) is 0 Å². The van der Waals surface area contributed by atoms with Crippen molar-refractivity contribution in [1.82, 2.24) is 0 Å². The van der Waals surface area contributed by atoms with E-state index in [4.69, 9.17) is 19.7 Å². The summed E-state index contributed by atoms with van der Waals surface area (Å²) in [6.45, 7) is 0. The molecule has 0 aliphatic carbocycles. The van der Waals surface area contributed by atoms with E-state index in [9.17, 15) is 40.2 Å². The summed E-state index contributed by atoms with van der Waals surface area (Å²) < 4.78 is 14.4. The van der Waals surface area contributed by atoms with E-state index in [0.29, 0.717) is 0 Å². The van der Waals surface area contributed by atoms with Crippen molar-refractivity contribution in [3.05, 3.63) is 0 Å². The van der Waals surface area contributed by atoms with Gasteiger partial charge in [-0.25, -0.2) is 9.59 Å². The topological polar surface area (TPSA) is 224 Å².